The van der Waals surface area contributed by atoms with E-state index >= 15 is 0 Å². The summed E-state index contributed by atoms with van der Waals surface area (Å²) >= 11 is 0. The summed E-state index contributed by atoms with van der Waals surface area (Å²) in [5.74, 6) is 0.610. The van der Waals surface area contributed by atoms with Gasteiger partial charge in [-0.25, -0.2) is 0 Å². The lowest BCUT2D eigenvalue weighted by atomic mass is 9.93. The van der Waals surface area contributed by atoms with Crippen molar-refractivity contribution < 1.29 is 0 Å². The van der Waals surface area contributed by atoms with E-state index in [0.717, 1.165) is 25.2 Å². The highest BCUT2D eigenvalue weighted by Crippen LogP contribution is 2.27. The minimum absolute atomic E-state index is 0.610. The van der Waals surface area contributed by atoms with Crippen LogP contribution in [0.25, 0.3) is 0 Å². The Morgan fingerprint density at radius 1 is 1.30 bits per heavy atom. The maximum absolute atomic E-state index is 8.94. The smallest absolute Gasteiger partial charge is 0.0991 e. The number of nitrogens with zero attached hydrogens (tertiary/aromatic N) is 3. The molecule has 1 aromatic carbocycles. The van der Waals surface area contributed by atoms with Crippen LogP contribution in [0.3, 0.4) is 0 Å². The fraction of sp³-hybridized carbons (Fsp3) is 0.375. The molecule has 0 aliphatic carbocycles. The van der Waals surface area contributed by atoms with Crippen molar-refractivity contribution in [3.05, 3.63) is 53.3 Å². The van der Waals surface area contributed by atoms with Gasteiger partial charge in [0.15, 0.2) is 0 Å². The van der Waals surface area contributed by atoms with Crippen LogP contribution in [0.2, 0.25) is 0 Å². The van der Waals surface area contributed by atoms with E-state index in [9.17, 15) is 0 Å². The Morgan fingerprint density at radius 2 is 2.15 bits per heavy atom. The fourth-order valence-corrected chi connectivity index (χ4v) is 2.89. The van der Waals surface area contributed by atoms with Crippen molar-refractivity contribution in [3.63, 3.8) is 0 Å². The van der Waals surface area contributed by atoms with E-state index in [1.165, 1.54) is 24.1 Å². The molecule has 0 atom stereocenters. The van der Waals surface area contributed by atoms with Crippen molar-refractivity contribution in [1.29, 1.82) is 5.26 Å². The Kier molecular flexibility index (Phi) is 3.80. The molecule has 2 aromatic rings. The van der Waals surface area contributed by atoms with Gasteiger partial charge in [-0.05, 0) is 49.7 Å². The Balaban J connectivity index is 1.57. The molecule has 102 valence electrons. The molecule has 0 spiro atoms. The van der Waals surface area contributed by atoms with E-state index in [4.69, 9.17) is 5.26 Å². The number of nitrogens with one attached hydrogen (secondary N) is 1. The molecule has 0 saturated carbocycles. The first-order valence-corrected chi connectivity index (χ1v) is 7.06. The number of aromatic nitrogens is 2. The quantitative estimate of drug-likeness (QED) is 0.929. The molecule has 2 heterocycles. The molecule has 4 heteroatoms. The van der Waals surface area contributed by atoms with E-state index in [2.05, 4.69) is 33.3 Å². The van der Waals surface area contributed by atoms with Crippen LogP contribution in [0.5, 0.6) is 0 Å². The van der Waals surface area contributed by atoms with E-state index in [1.54, 1.807) is 0 Å². The molecule has 1 N–H and O–H groups in total. The third kappa shape index (κ3) is 2.89. The molecule has 0 amide bonds. The largest absolute Gasteiger partial charge is 0.299 e. The van der Waals surface area contributed by atoms with Crippen molar-refractivity contribution in [2.75, 3.05) is 13.1 Å². The van der Waals surface area contributed by atoms with E-state index in [0.29, 0.717) is 5.92 Å². The molecule has 0 bridgehead atoms. The van der Waals surface area contributed by atoms with Crippen LogP contribution >= 0.6 is 0 Å². The summed E-state index contributed by atoms with van der Waals surface area (Å²) in [5.41, 5.74) is 3.23. The van der Waals surface area contributed by atoms with Crippen LogP contribution < -0.4 is 0 Å². The van der Waals surface area contributed by atoms with Gasteiger partial charge in [-0.3, -0.25) is 10.00 Å². The molecule has 1 aliphatic heterocycles. The molecule has 0 radical (unpaired) electrons. The van der Waals surface area contributed by atoms with E-state index in [-0.39, 0.29) is 0 Å². The number of rotatable bonds is 3. The first kappa shape index (κ1) is 12.9. The van der Waals surface area contributed by atoms with E-state index < -0.39 is 0 Å². The average molecular weight is 266 g/mol. The fourth-order valence-electron chi connectivity index (χ4n) is 2.89. The SMILES string of the molecule is N#Cc1cccc(CN2CCC(c3ccn[nH]3)CC2)c1. The molecule has 1 aliphatic rings. The number of hydrogen-bond acceptors (Lipinski definition) is 3. The van der Waals surface area contributed by atoms with Gasteiger partial charge in [0.1, 0.15) is 0 Å². The highest BCUT2D eigenvalue weighted by Gasteiger charge is 2.21. The van der Waals surface area contributed by atoms with Crippen LogP contribution in [0.1, 0.15) is 35.6 Å². The van der Waals surface area contributed by atoms with Gasteiger partial charge in [0, 0.05) is 24.4 Å². The lowest BCUT2D eigenvalue weighted by Gasteiger charge is -2.31. The number of H-pyrrole nitrogens is 1. The monoisotopic (exact) mass is 266 g/mol. The Morgan fingerprint density at radius 3 is 2.85 bits per heavy atom. The number of likely N-dealkylation sites (tertiary alicyclic amines) is 1. The minimum Gasteiger partial charge on any atom is -0.299 e. The molecule has 1 fully saturated rings. The Bertz CT molecular complexity index is 589. The van der Waals surface area contributed by atoms with Gasteiger partial charge >= 0.3 is 0 Å². The molecule has 1 aromatic heterocycles. The summed E-state index contributed by atoms with van der Waals surface area (Å²) < 4.78 is 0. The zero-order valence-electron chi connectivity index (χ0n) is 11.4. The van der Waals surface area contributed by atoms with Crippen LogP contribution in [0.4, 0.5) is 0 Å². The van der Waals surface area contributed by atoms with Gasteiger partial charge < -0.3 is 0 Å². The third-order valence-electron chi connectivity index (χ3n) is 4.01. The van der Waals surface area contributed by atoms with Crippen LogP contribution in [0, 0.1) is 11.3 Å². The highest BCUT2D eigenvalue weighted by atomic mass is 15.1. The van der Waals surface area contributed by atoms with Gasteiger partial charge in [0.05, 0.1) is 11.6 Å². The van der Waals surface area contributed by atoms with Crippen molar-refractivity contribution in [1.82, 2.24) is 15.1 Å². The van der Waals surface area contributed by atoms with Crippen LogP contribution in [-0.2, 0) is 6.54 Å². The van der Waals surface area contributed by atoms with Gasteiger partial charge in [-0.1, -0.05) is 12.1 Å². The van der Waals surface area contributed by atoms with Crippen LogP contribution in [0.15, 0.2) is 36.5 Å². The second-order valence-electron chi connectivity index (χ2n) is 5.37. The van der Waals surface area contributed by atoms with Gasteiger partial charge in [0.2, 0.25) is 0 Å². The van der Waals surface area contributed by atoms with E-state index in [1.807, 2.05) is 24.4 Å². The van der Waals surface area contributed by atoms with Crippen LogP contribution in [-0.4, -0.2) is 28.2 Å². The lowest BCUT2D eigenvalue weighted by Crippen LogP contribution is -2.32. The third-order valence-corrected chi connectivity index (χ3v) is 4.01. The number of aromatic amines is 1. The first-order chi connectivity index (χ1) is 9.85. The highest BCUT2D eigenvalue weighted by molar-refractivity contribution is 5.32. The normalized spacial score (nSPS) is 16.9. The molecule has 3 rings (SSSR count). The lowest BCUT2D eigenvalue weighted by molar-refractivity contribution is 0.203. The molecule has 4 nitrogen and oxygen atoms in total. The van der Waals surface area contributed by atoms with Crippen molar-refractivity contribution in [2.45, 2.75) is 25.3 Å². The molecular weight excluding hydrogens is 248 g/mol. The maximum atomic E-state index is 8.94. The second kappa shape index (κ2) is 5.89. The summed E-state index contributed by atoms with van der Waals surface area (Å²) in [6, 6.07) is 12.2. The number of benzene rings is 1. The molecule has 0 unspecified atom stereocenters. The molecular formula is C16H18N4. The summed E-state index contributed by atoms with van der Waals surface area (Å²) in [6.45, 7) is 3.13. The topological polar surface area (TPSA) is 55.7 Å². The summed E-state index contributed by atoms with van der Waals surface area (Å²) in [5, 5.41) is 16.1. The zero-order valence-corrected chi connectivity index (χ0v) is 11.4. The van der Waals surface area contributed by atoms with Gasteiger partial charge in [0.25, 0.3) is 0 Å². The minimum atomic E-state index is 0.610. The Hall–Kier alpha value is -2.12. The number of hydrogen-bond donors (Lipinski definition) is 1. The predicted molar refractivity (Wildman–Crippen MR) is 77.0 cm³/mol. The average Bonchev–Trinajstić information content (AvgIpc) is 3.02. The second-order valence-corrected chi connectivity index (χ2v) is 5.37. The van der Waals surface area contributed by atoms with Gasteiger partial charge in [-0.15, -0.1) is 0 Å². The standard InChI is InChI=1S/C16H18N4/c17-11-13-2-1-3-14(10-13)12-20-8-5-15(6-9-20)16-4-7-18-19-16/h1-4,7,10,15H,5-6,8-9,12H2,(H,18,19). The summed E-state index contributed by atoms with van der Waals surface area (Å²) in [7, 11) is 0. The maximum Gasteiger partial charge on any atom is 0.0991 e. The predicted octanol–water partition coefficient (Wildman–Crippen LogP) is 2.66. The Labute approximate surface area is 119 Å². The zero-order chi connectivity index (χ0) is 13.8. The van der Waals surface area contributed by atoms with Crippen molar-refractivity contribution in [3.8, 4) is 6.07 Å². The molecule has 20 heavy (non-hydrogen) atoms. The van der Waals surface area contributed by atoms with Crippen molar-refractivity contribution >= 4 is 0 Å². The molecule has 1 saturated heterocycles. The van der Waals surface area contributed by atoms with Gasteiger partial charge in [-0.2, -0.15) is 10.4 Å². The van der Waals surface area contributed by atoms with Crippen molar-refractivity contribution in [2.24, 2.45) is 0 Å². The number of nitriles is 1. The summed E-state index contributed by atoms with van der Waals surface area (Å²) in [6.07, 6.45) is 4.16. The number of piperidine rings is 1. The summed E-state index contributed by atoms with van der Waals surface area (Å²) in [4.78, 5) is 2.46. The first-order valence-electron chi connectivity index (χ1n) is 7.06.